The Bertz CT molecular complexity index is 2280. The van der Waals surface area contributed by atoms with Crippen LogP contribution in [0.25, 0.3) is 0 Å². The third kappa shape index (κ3) is 14.6. The van der Waals surface area contributed by atoms with Crippen LogP contribution >= 0.6 is 31.1 Å². The van der Waals surface area contributed by atoms with Gasteiger partial charge in [0.2, 0.25) is 17.7 Å². The summed E-state index contributed by atoms with van der Waals surface area (Å²) in [4.78, 5) is 87.8. The number of nitrogens with one attached hydrogen (secondary N) is 3. The highest BCUT2D eigenvalue weighted by Gasteiger charge is 2.65. The number of carboxylic acid groups (broad SMARTS) is 1. The summed E-state index contributed by atoms with van der Waals surface area (Å²) >= 11 is 3.11. The maximum atomic E-state index is 14.3. The van der Waals surface area contributed by atoms with Crippen LogP contribution in [0, 0.1) is 0 Å². The number of nitrogens with zero attached hydrogens (tertiary/aromatic N) is 2. The van der Waals surface area contributed by atoms with Gasteiger partial charge in [-0.25, -0.2) is 0 Å². The number of carbonyl (C=O) groups excluding carboxylic acids is 3. The Morgan fingerprint density at radius 3 is 1.48 bits per heavy atom. The number of rotatable bonds is 20. The molecule has 65 heavy (non-hydrogen) atoms. The zero-order valence-corrected chi connectivity index (χ0v) is 36.9. The van der Waals surface area contributed by atoms with E-state index in [2.05, 4.69) is 42.1 Å². The van der Waals surface area contributed by atoms with Crippen molar-refractivity contribution in [1.29, 1.82) is 0 Å². The lowest BCUT2D eigenvalue weighted by Crippen LogP contribution is -2.57. The van der Waals surface area contributed by atoms with E-state index in [0.29, 0.717) is 24.3 Å². The monoisotopic (exact) mass is 1040 g/mol. The summed E-state index contributed by atoms with van der Waals surface area (Å²) in [6, 6.07) is 5.00. The topological polar surface area (TPSA) is 430 Å². The zero-order valence-electron chi connectivity index (χ0n) is 33.5. The number of nitrogens with two attached hydrogens (primary N) is 1. The van der Waals surface area contributed by atoms with Crippen LogP contribution in [-0.2, 0) is 64.7 Å². The molecule has 0 saturated carbocycles. The molecule has 3 amide bonds. The SMILES string of the molecule is N.N.N.N.NC(=O)[C@H](Cc1ccc(C(F)(F)P(=O)(O)O)cc1)NC(=O)[C@H](Cc1ccc(C(F)(F)P(=O)(O)O)cc1)NC(=O)[C@H](CCC(=O)O)NCc1cc(Br)cc(C2(C(F)(F)F)N=N2)c1. The van der Waals surface area contributed by atoms with Gasteiger partial charge in [0.25, 0.3) is 0 Å². The van der Waals surface area contributed by atoms with Crippen molar-refractivity contribution in [2.24, 2.45) is 16.0 Å². The maximum absolute atomic E-state index is 14.3. The summed E-state index contributed by atoms with van der Waals surface area (Å²) < 4.78 is 121. The van der Waals surface area contributed by atoms with Crippen LogP contribution < -0.4 is 46.3 Å². The van der Waals surface area contributed by atoms with Crippen LogP contribution in [0.15, 0.2) is 81.4 Å². The van der Waals surface area contributed by atoms with Crippen molar-refractivity contribution in [2.45, 2.75) is 73.5 Å². The molecule has 31 heteroatoms. The summed E-state index contributed by atoms with van der Waals surface area (Å²) in [5, 5.41) is 23.0. The highest BCUT2D eigenvalue weighted by molar-refractivity contribution is 9.10. The van der Waals surface area contributed by atoms with Gasteiger partial charge in [-0.2, -0.15) is 30.7 Å². The summed E-state index contributed by atoms with van der Waals surface area (Å²) in [6.07, 6.45) is -7.12. The fourth-order valence-corrected chi connectivity index (χ4v) is 7.21. The van der Waals surface area contributed by atoms with Gasteiger partial charge >= 0.3 is 44.3 Å². The molecule has 0 fully saturated rings. The minimum Gasteiger partial charge on any atom is -0.481 e. The van der Waals surface area contributed by atoms with Gasteiger partial charge in [0, 0.05) is 47.0 Å². The van der Waals surface area contributed by atoms with Gasteiger partial charge < -0.3 is 71.0 Å². The number of alkyl halides is 7. The van der Waals surface area contributed by atoms with E-state index in [9.17, 15) is 64.1 Å². The Morgan fingerprint density at radius 1 is 0.677 bits per heavy atom. The average molecular weight is 1050 g/mol. The van der Waals surface area contributed by atoms with Crippen molar-refractivity contribution in [2.75, 3.05) is 0 Å². The summed E-state index contributed by atoms with van der Waals surface area (Å²) in [6.45, 7) is -0.368. The largest absolute Gasteiger partial charge is 0.481 e. The van der Waals surface area contributed by atoms with Crippen molar-refractivity contribution in [3.05, 3.63) is 105 Å². The smallest absolute Gasteiger partial charge is 0.442 e. The lowest BCUT2D eigenvalue weighted by atomic mass is 9.99. The number of hydrogen-bond acceptors (Lipinski definition) is 13. The van der Waals surface area contributed by atoms with Crippen molar-refractivity contribution in [1.82, 2.24) is 40.6 Å². The lowest BCUT2D eigenvalue weighted by molar-refractivity contribution is -0.166. The predicted octanol–water partition coefficient (Wildman–Crippen LogP) is 5.00. The van der Waals surface area contributed by atoms with Gasteiger partial charge in [0.1, 0.15) is 12.1 Å². The first-order chi connectivity index (χ1) is 28.0. The van der Waals surface area contributed by atoms with Crippen molar-refractivity contribution < 1.29 is 83.7 Å². The highest BCUT2D eigenvalue weighted by Crippen LogP contribution is 2.60. The van der Waals surface area contributed by atoms with E-state index in [0.717, 1.165) is 36.4 Å². The molecule has 22 N–H and O–H groups in total. The second kappa shape index (κ2) is 22.6. The van der Waals surface area contributed by atoms with Crippen molar-refractivity contribution >= 4 is 54.8 Å². The molecule has 1 aliphatic rings. The minimum absolute atomic E-state index is 0. The minimum atomic E-state index is -5.99. The first-order valence-electron chi connectivity index (χ1n) is 17.2. The van der Waals surface area contributed by atoms with E-state index in [1.807, 2.05) is 0 Å². The van der Waals surface area contributed by atoms with Gasteiger partial charge in [-0.3, -0.25) is 28.3 Å². The molecule has 3 aromatic carbocycles. The van der Waals surface area contributed by atoms with Gasteiger partial charge in [-0.15, -0.1) is 10.2 Å². The summed E-state index contributed by atoms with van der Waals surface area (Å²) in [7, 11) is -11.9. The molecule has 0 saturated heterocycles. The Morgan fingerprint density at radius 2 is 1.09 bits per heavy atom. The molecule has 0 bridgehead atoms. The number of hydrogen-bond donors (Lipinski definition) is 13. The molecule has 1 aliphatic heterocycles. The Labute approximate surface area is 372 Å². The first kappa shape index (κ1) is 60.2. The molecule has 0 aliphatic carbocycles. The van der Waals surface area contributed by atoms with Crippen LogP contribution in [-0.4, -0.2) is 72.7 Å². The van der Waals surface area contributed by atoms with E-state index in [4.69, 9.17) is 25.3 Å². The van der Waals surface area contributed by atoms with Gasteiger partial charge in [0.15, 0.2) is 0 Å². The highest BCUT2D eigenvalue weighted by atomic mass is 79.9. The van der Waals surface area contributed by atoms with Crippen molar-refractivity contribution in [3.63, 3.8) is 0 Å². The molecule has 3 atom stereocenters. The van der Waals surface area contributed by atoms with E-state index >= 15 is 0 Å². The van der Waals surface area contributed by atoms with Gasteiger partial charge in [-0.1, -0.05) is 64.5 Å². The fourth-order valence-electron chi connectivity index (χ4n) is 5.70. The number of carboxylic acids is 1. The molecular formula is C34H46BrF7N10O11P2. The van der Waals surface area contributed by atoms with Crippen LogP contribution in [0.4, 0.5) is 30.7 Å². The predicted molar refractivity (Wildman–Crippen MR) is 220 cm³/mol. The third-order valence-corrected chi connectivity index (χ3v) is 11.5. The fraction of sp³-hybridized carbons (Fsp3) is 0.353. The number of aliphatic carboxylic acids is 1. The van der Waals surface area contributed by atoms with Crippen LogP contribution in [0.3, 0.4) is 0 Å². The number of benzene rings is 3. The lowest BCUT2D eigenvalue weighted by Gasteiger charge is -2.25. The molecule has 3 aromatic rings. The molecule has 4 rings (SSSR count). The summed E-state index contributed by atoms with van der Waals surface area (Å²) in [5.41, 5.74) is -8.95. The third-order valence-electron chi connectivity index (χ3n) is 9.08. The van der Waals surface area contributed by atoms with E-state index in [1.54, 1.807) is 0 Å². The molecular weight excluding hydrogens is 999 g/mol. The second-order valence-electron chi connectivity index (χ2n) is 13.6. The quantitative estimate of drug-likeness (QED) is 0.0523. The summed E-state index contributed by atoms with van der Waals surface area (Å²) in [5.74, 6) is -4.86. The van der Waals surface area contributed by atoms with Crippen LogP contribution in [0.1, 0.15) is 46.2 Å². The number of amides is 3. The van der Waals surface area contributed by atoms with Gasteiger partial charge in [0.05, 0.1) is 6.04 Å². The molecule has 364 valence electrons. The van der Waals surface area contributed by atoms with E-state index < -0.39 is 117 Å². The van der Waals surface area contributed by atoms with Crippen LogP contribution in [0.2, 0.25) is 0 Å². The van der Waals surface area contributed by atoms with Crippen molar-refractivity contribution in [3.8, 4) is 0 Å². The van der Waals surface area contributed by atoms with E-state index in [1.165, 1.54) is 6.07 Å². The standard InChI is InChI=1S/C34H34BrF7N6O11P2.4H3N/c35-23-12-19(11-22(15-23)31(47-48-31)34(40,41)42)16-44-24(9-10-27(49)50)29(52)46-26(14-18-3-7-21(8-4-18)33(38,39)61(57,58)59)30(53)45-25(28(43)51)13-17-1-5-20(6-2-17)32(36,37)60(54,55)56;;;;/h1-8,11-12,15,24-26,44H,9-10,13-14,16H2,(H2,43,51)(H,45,53)(H,46,52)(H,49,50)(H2,54,55,56)(H2,57,58,59);4*1H3/t24-,25-,26-;;;;/m0..../s1. The molecule has 21 nitrogen and oxygen atoms in total. The normalized spacial score (nSPS) is 14.7. The Balaban J connectivity index is 0.0000102. The average Bonchev–Trinajstić information content (AvgIpc) is 3.96. The van der Waals surface area contributed by atoms with Crippen LogP contribution in [0.5, 0.6) is 0 Å². The maximum Gasteiger partial charge on any atom is 0.442 e. The molecule has 0 aromatic heterocycles. The van der Waals surface area contributed by atoms with Gasteiger partial charge in [-0.05, 0) is 41.3 Å². The number of primary amides is 1. The number of carbonyl (C=O) groups is 4. The molecule has 1 heterocycles. The number of halogens is 8. The van der Waals surface area contributed by atoms with E-state index in [-0.39, 0.29) is 57.9 Å². The Kier molecular flexibility index (Phi) is 21.0. The first-order valence-corrected chi connectivity index (χ1v) is 21.2. The second-order valence-corrected chi connectivity index (χ2v) is 17.8. The molecule has 0 spiro atoms. The molecule has 0 radical (unpaired) electrons. The zero-order chi connectivity index (χ0) is 45.9. The molecule has 0 unspecified atom stereocenters. The Hall–Kier alpha value is -4.77.